The first-order valence-corrected chi connectivity index (χ1v) is 9.91. The lowest BCUT2D eigenvalue weighted by atomic mass is 10.1. The van der Waals surface area contributed by atoms with E-state index in [9.17, 15) is 14.4 Å². The summed E-state index contributed by atoms with van der Waals surface area (Å²) in [7, 11) is 0. The molecule has 1 saturated heterocycles. The van der Waals surface area contributed by atoms with Gasteiger partial charge in [0.1, 0.15) is 6.54 Å². The molecule has 1 fully saturated rings. The number of hydrogen-bond acceptors (Lipinski definition) is 5. The summed E-state index contributed by atoms with van der Waals surface area (Å²) in [6, 6.07) is 11.6. The maximum Gasteiger partial charge on any atom is 0.290 e. The summed E-state index contributed by atoms with van der Waals surface area (Å²) in [5, 5.41) is 7.69. The van der Waals surface area contributed by atoms with Gasteiger partial charge in [-0.3, -0.25) is 19.7 Å². The number of para-hydroxylation sites is 1. The minimum absolute atomic E-state index is 0.0912. The van der Waals surface area contributed by atoms with Crippen LogP contribution in [0.15, 0.2) is 52.9 Å². The van der Waals surface area contributed by atoms with Crippen molar-refractivity contribution in [1.82, 2.24) is 15.2 Å². The van der Waals surface area contributed by atoms with Crippen LogP contribution in [0.25, 0.3) is 17.0 Å². The van der Waals surface area contributed by atoms with E-state index in [1.807, 2.05) is 52.5 Å². The van der Waals surface area contributed by atoms with Gasteiger partial charge >= 0.3 is 0 Å². The van der Waals surface area contributed by atoms with Crippen LogP contribution in [0.2, 0.25) is 0 Å². The van der Waals surface area contributed by atoms with Crippen LogP contribution in [0.3, 0.4) is 0 Å². The number of benzene rings is 1. The summed E-state index contributed by atoms with van der Waals surface area (Å²) in [5.74, 6) is -0.484. The Morgan fingerprint density at radius 2 is 2.04 bits per heavy atom. The second-order valence-corrected chi connectivity index (χ2v) is 7.98. The molecule has 2 aromatic heterocycles. The smallest absolute Gasteiger partial charge is 0.290 e. The highest BCUT2D eigenvalue weighted by Gasteiger charge is 2.25. The molecule has 0 radical (unpaired) electrons. The minimum atomic E-state index is -0.393. The van der Waals surface area contributed by atoms with Crippen molar-refractivity contribution in [3.63, 3.8) is 0 Å². The lowest BCUT2D eigenvalue weighted by Crippen LogP contribution is -2.26. The zero-order valence-electron chi connectivity index (χ0n) is 14.1. The SMILES string of the molecule is O=C(Cn1cc(/C=C2\SC(=O)NC2=O)c2ccccc21)NCc1cccs1. The maximum absolute atomic E-state index is 12.3. The highest BCUT2D eigenvalue weighted by molar-refractivity contribution is 8.18. The van der Waals surface area contributed by atoms with Crippen LogP contribution < -0.4 is 10.6 Å². The molecule has 1 aliphatic rings. The van der Waals surface area contributed by atoms with Crippen LogP contribution in [0.4, 0.5) is 4.79 Å². The molecule has 0 atom stereocenters. The van der Waals surface area contributed by atoms with Gasteiger partial charge in [0.25, 0.3) is 11.1 Å². The first kappa shape index (κ1) is 17.6. The molecular formula is C19H15N3O3S2. The van der Waals surface area contributed by atoms with E-state index >= 15 is 0 Å². The lowest BCUT2D eigenvalue weighted by molar-refractivity contribution is -0.121. The van der Waals surface area contributed by atoms with E-state index in [0.717, 1.165) is 33.1 Å². The molecule has 4 rings (SSSR count). The second kappa shape index (κ2) is 7.42. The van der Waals surface area contributed by atoms with E-state index in [4.69, 9.17) is 0 Å². The van der Waals surface area contributed by atoms with Crippen LogP contribution in [0.1, 0.15) is 10.4 Å². The largest absolute Gasteiger partial charge is 0.350 e. The lowest BCUT2D eigenvalue weighted by Gasteiger charge is -2.06. The summed E-state index contributed by atoms with van der Waals surface area (Å²) in [5.41, 5.74) is 1.69. The van der Waals surface area contributed by atoms with Gasteiger partial charge in [-0.1, -0.05) is 24.3 Å². The number of fused-ring (bicyclic) bond motifs is 1. The molecule has 3 aromatic rings. The Kier molecular flexibility index (Phi) is 4.83. The van der Waals surface area contributed by atoms with E-state index in [1.54, 1.807) is 17.4 Å². The van der Waals surface area contributed by atoms with Crippen molar-refractivity contribution < 1.29 is 14.4 Å². The standard InChI is InChI=1S/C19H15N3O3S2/c23-17(20-9-13-4-3-7-26-13)11-22-10-12(14-5-1-2-6-15(14)22)8-16-18(24)21-19(25)27-16/h1-8,10H,9,11H2,(H,20,23)(H,21,24,25)/b16-8-. The molecule has 6 nitrogen and oxygen atoms in total. The molecule has 27 heavy (non-hydrogen) atoms. The van der Waals surface area contributed by atoms with Gasteiger partial charge in [0.2, 0.25) is 5.91 Å². The highest BCUT2D eigenvalue weighted by atomic mass is 32.2. The zero-order valence-corrected chi connectivity index (χ0v) is 15.7. The molecule has 0 saturated carbocycles. The summed E-state index contributed by atoms with van der Waals surface area (Å²) in [6.45, 7) is 0.679. The second-order valence-electron chi connectivity index (χ2n) is 5.94. The molecule has 8 heteroatoms. The summed E-state index contributed by atoms with van der Waals surface area (Å²) in [4.78, 5) is 37.0. The van der Waals surface area contributed by atoms with E-state index in [1.165, 1.54) is 0 Å². The Hall–Kier alpha value is -2.84. The molecule has 2 N–H and O–H groups in total. The number of thioether (sulfide) groups is 1. The third-order valence-electron chi connectivity index (χ3n) is 4.10. The number of aromatic nitrogens is 1. The predicted molar refractivity (Wildman–Crippen MR) is 107 cm³/mol. The Morgan fingerprint density at radius 3 is 2.78 bits per heavy atom. The van der Waals surface area contributed by atoms with Crippen LogP contribution in [-0.4, -0.2) is 21.6 Å². The first-order valence-electron chi connectivity index (χ1n) is 8.22. The monoisotopic (exact) mass is 397 g/mol. The van der Waals surface area contributed by atoms with E-state index in [0.29, 0.717) is 11.4 Å². The summed E-state index contributed by atoms with van der Waals surface area (Å²) in [6.07, 6.45) is 3.52. The van der Waals surface area contributed by atoms with Crippen molar-refractivity contribution in [2.75, 3.05) is 0 Å². The molecule has 1 aromatic carbocycles. The molecule has 1 aliphatic heterocycles. The van der Waals surface area contributed by atoms with Crippen LogP contribution in [0, 0.1) is 0 Å². The van der Waals surface area contributed by atoms with E-state index < -0.39 is 5.91 Å². The number of imide groups is 1. The van der Waals surface area contributed by atoms with Crippen LogP contribution in [-0.2, 0) is 22.7 Å². The molecular weight excluding hydrogens is 382 g/mol. The Morgan fingerprint density at radius 1 is 1.19 bits per heavy atom. The minimum Gasteiger partial charge on any atom is -0.350 e. The van der Waals surface area contributed by atoms with Crippen molar-refractivity contribution in [3.8, 4) is 0 Å². The molecule has 136 valence electrons. The van der Waals surface area contributed by atoms with Crippen molar-refractivity contribution in [2.45, 2.75) is 13.1 Å². The van der Waals surface area contributed by atoms with Crippen LogP contribution in [0.5, 0.6) is 0 Å². The number of amides is 3. The quantitative estimate of drug-likeness (QED) is 0.647. The molecule has 3 amide bonds. The number of thiophene rings is 1. The van der Waals surface area contributed by atoms with Crippen molar-refractivity contribution in [1.29, 1.82) is 0 Å². The fourth-order valence-electron chi connectivity index (χ4n) is 2.89. The average molecular weight is 397 g/mol. The third-order valence-corrected chi connectivity index (χ3v) is 5.79. The topological polar surface area (TPSA) is 80.2 Å². The average Bonchev–Trinajstić information content (AvgIpc) is 3.35. The molecule has 0 bridgehead atoms. The number of carbonyl (C=O) groups excluding carboxylic acids is 3. The molecule has 0 spiro atoms. The van der Waals surface area contributed by atoms with Gasteiger partial charge in [-0.2, -0.15) is 0 Å². The Bertz CT molecular complexity index is 1070. The van der Waals surface area contributed by atoms with Gasteiger partial charge in [-0.05, 0) is 35.4 Å². The van der Waals surface area contributed by atoms with Gasteiger partial charge in [0, 0.05) is 27.5 Å². The first-order chi connectivity index (χ1) is 13.1. The number of nitrogens with one attached hydrogen (secondary N) is 2. The van der Waals surface area contributed by atoms with Crippen molar-refractivity contribution >= 4 is 57.1 Å². The number of carbonyl (C=O) groups is 3. The maximum atomic E-state index is 12.3. The van der Waals surface area contributed by atoms with Crippen molar-refractivity contribution in [3.05, 3.63) is 63.3 Å². The number of nitrogens with zero attached hydrogens (tertiary/aromatic N) is 1. The molecule has 0 aliphatic carbocycles. The zero-order chi connectivity index (χ0) is 18.8. The fourth-order valence-corrected chi connectivity index (χ4v) is 4.21. The van der Waals surface area contributed by atoms with Gasteiger partial charge in [-0.15, -0.1) is 11.3 Å². The summed E-state index contributed by atoms with van der Waals surface area (Å²) >= 11 is 2.48. The van der Waals surface area contributed by atoms with E-state index in [-0.39, 0.29) is 17.7 Å². The van der Waals surface area contributed by atoms with Gasteiger partial charge in [0.05, 0.1) is 11.4 Å². The van der Waals surface area contributed by atoms with Crippen LogP contribution >= 0.6 is 23.1 Å². The number of rotatable bonds is 5. The van der Waals surface area contributed by atoms with Gasteiger partial charge in [0.15, 0.2) is 0 Å². The fraction of sp³-hybridized carbons (Fsp3) is 0.105. The van der Waals surface area contributed by atoms with Gasteiger partial charge < -0.3 is 9.88 Å². The highest BCUT2D eigenvalue weighted by Crippen LogP contribution is 2.29. The number of hydrogen-bond donors (Lipinski definition) is 2. The molecule has 3 heterocycles. The Labute approximate surface area is 163 Å². The summed E-state index contributed by atoms with van der Waals surface area (Å²) < 4.78 is 1.85. The van der Waals surface area contributed by atoms with E-state index in [2.05, 4.69) is 10.6 Å². The predicted octanol–water partition coefficient (Wildman–Crippen LogP) is 3.34. The van der Waals surface area contributed by atoms with Crippen molar-refractivity contribution in [2.24, 2.45) is 0 Å². The third kappa shape index (κ3) is 3.81. The van der Waals surface area contributed by atoms with Gasteiger partial charge in [-0.25, -0.2) is 0 Å². The molecule has 0 unspecified atom stereocenters. The Balaban J connectivity index is 1.58. The normalized spacial score (nSPS) is 15.5.